The minimum Gasteiger partial charge on any atom is -0.353 e. The lowest BCUT2D eigenvalue weighted by Crippen LogP contribution is -2.39. The largest absolute Gasteiger partial charge is 0.353 e. The van der Waals surface area contributed by atoms with Crippen molar-refractivity contribution in [3.05, 3.63) is 0 Å². The van der Waals surface area contributed by atoms with E-state index >= 15 is 0 Å². The smallest absolute Gasteiger partial charge is 0.224 e. The van der Waals surface area contributed by atoms with Gasteiger partial charge in [0.2, 0.25) is 11.8 Å². The van der Waals surface area contributed by atoms with Gasteiger partial charge < -0.3 is 10.6 Å². The quantitative estimate of drug-likeness (QED) is 0.785. The molecule has 3 saturated carbocycles. The first kappa shape index (κ1) is 15.8. The summed E-state index contributed by atoms with van der Waals surface area (Å²) in [5, 5.41) is 6.35. The van der Waals surface area contributed by atoms with Crippen LogP contribution < -0.4 is 10.6 Å². The number of carbonyl (C=O) groups excluding carboxylic acids is 2. The van der Waals surface area contributed by atoms with E-state index in [1.807, 2.05) is 0 Å². The van der Waals surface area contributed by atoms with Gasteiger partial charge in [-0.15, -0.1) is 0 Å². The lowest BCUT2D eigenvalue weighted by Gasteiger charge is -2.22. The zero-order valence-corrected chi connectivity index (χ0v) is 13.6. The molecule has 124 valence electrons. The molecule has 0 bridgehead atoms. The van der Waals surface area contributed by atoms with Crippen LogP contribution in [0.4, 0.5) is 0 Å². The van der Waals surface area contributed by atoms with E-state index in [9.17, 15) is 9.59 Å². The average Bonchev–Trinajstić information content (AvgIpc) is 3.33. The standard InChI is InChI=1S/C18H30N2O2/c21-17(19-13-8-4-1-2-5-9-13)15-12-16(15)18(22)20-14-10-6-3-7-11-14/h13-16H,1-12H2,(H,19,21)(H,20,22). The van der Waals surface area contributed by atoms with E-state index in [1.54, 1.807) is 0 Å². The minimum atomic E-state index is -0.0631. The molecule has 0 radical (unpaired) electrons. The zero-order valence-electron chi connectivity index (χ0n) is 13.6. The Balaban J connectivity index is 1.40. The Morgan fingerprint density at radius 2 is 0.955 bits per heavy atom. The molecule has 22 heavy (non-hydrogen) atoms. The van der Waals surface area contributed by atoms with E-state index < -0.39 is 0 Å². The number of rotatable bonds is 4. The Labute approximate surface area is 133 Å². The van der Waals surface area contributed by atoms with E-state index in [1.165, 1.54) is 44.9 Å². The van der Waals surface area contributed by atoms with Gasteiger partial charge in [-0.25, -0.2) is 0 Å². The van der Waals surface area contributed by atoms with Crippen LogP contribution in [-0.4, -0.2) is 23.9 Å². The minimum absolute atomic E-state index is 0.0623. The maximum atomic E-state index is 12.3. The van der Waals surface area contributed by atoms with Crippen LogP contribution in [0.5, 0.6) is 0 Å². The summed E-state index contributed by atoms with van der Waals surface area (Å²) in [5.74, 6) is 0.114. The van der Waals surface area contributed by atoms with Crippen molar-refractivity contribution in [2.45, 2.75) is 89.1 Å². The van der Waals surface area contributed by atoms with Crippen molar-refractivity contribution in [1.29, 1.82) is 0 Å². The highest BCUT2D eigenvalue weighted by Crippen LogP contribution is 2.39. The van der Waals surface area contributed by atoms with Crippen molar-refractivity contribution in [3.63, 3.8) is 0 Å². The third-order valence-corrected chi connectivity index (χ3v) is 5.62. The van der Waals surface area contributed by atoms with Crippen LogP contribution in [0.15, 0.2) is 0 Å². The molecule has 4 nitrogen and oxygen atoms in total. The molecule has 3 aliphatic carbocycles. The van der Waals surface area contributed by atoms with Crippen LogP contribution in [0.3, 0.4) is 0 Å². The van der Waals surface area contributed by atoms with Gasteiger partial charge >= 0.3 is 0 Å². The van der Waals surface area contributed by atoms with Gasteiger partial charge in [-0.1, -0.05) is 44.9 Å². The summed E-state index contributed by atoms with van der Waals surface area (Å²) in [6, 6.07) is 0.699. The molecular weight excluding hydrogens is 276 g/mol. The number of hydrogen-bond donors (Lipinski definition) is 2. The van der Waals surface area contributed by atoms with E-state index in [0.717, 1.165) is 32.1 Å². The summed E-state index contributed by atoms with van der Waals surface area (Å²) in [7, 11) is 0. The number of carbonyl (C=O) groups is 2. The van der Waals surface area contributed by atoms with Gasteiger partial charge in [0.1, 0.15) is 0 Å². The first-order valence-corrected chi connectivity index (χ1v) is 9.35. The van der Waals surface area contributed by atoms with Crippen molar-refractivity contribution < 1.29 is 9.59 Å². The fraction of sp³-hybridized carbons (Fsp3) is 0.889. The highest BCUT2D eigenvalue weighted by molar-refractivity contribution is 5.92. The average molecular weight is 306 g/mol. The molecule has 0 aliphatic heterocycles. The van der Waals surface area contributed by atoms with Crippen LogP contribution in [0.1, 0.15) is 77.0 Å². The van der Waals surface area contributed by atoms with E-state index in [4.69, 9.17) is 0 Å². The molecule has 0 aromatic rings. The van der Waals surface area contributed by atoms with Crippen LogP contribution in [0.25, 0.3) is 0 Å². The van der Waals surface area contributed by atoms with Crippen LogP contribution in [0.2, 0.25) is 0 Å². The van der Waals surface area contributed by atoms with Crippen molar-refractivity contribution in [2.24, 2.45) is 11.8 Å². The fourth-order valence-corrected chi connectivity index (χ4v) is 4.06. The second-order valence-corrected chi connectivity index (χ2v) is 7.49. The molecule has 3 rings (SSSR count). The molecule has 2 atom stereocenters. The monoisotopic (exact) mass is 306 g/mol. The summed E-state index contributed by atoms with van der Waals surface area (Å²) in [4.78, 5) is 24.5. The van der Waals surface area contributed by atoms with Crippen molar-refractivity contribution in [1.82, 2.24) is 10.6 Å². The van der Waals surface area contributed by atoms with Gasteiger partial charge in [0.25, 0.3) is 0 Å². The van der Waals surface area contributed by atoms with Crippen LogP contribution in [-0.2, 0) is 9.59 Å². The second-order valence-electron chi connectivity index (χ2n) is 7.49. The Bertz CT molecular complexity index is 396. The Kier molecular flexibility index (Phi) is 5.37. The summed E-state index contributed by atoms with van der Waals surface area (Å²) in [6.45, 7) is 0. The van der Waals surface area contributed by atoms with Crippen molar-refractivity contribution >= 4 is 11.8 Å². The number of hydrogen-bond acceptors (Lipinski definition) is 2. The molecule has 3 aliphatic rings. The summed E-state index contributed by atoms with van der Waals surface area (Å²) < 4.78 is 0. The third kappa shape index (κ3) is 4.23. The molecule has 2 N–H and O–H groups in total. The fourth-order valence-electron chi connectivity index (χ4n) is 4.06. The number of amides is 2. The molecule has 0 heterocycles. The molecule has 0 aromatic heterocycles. The molecule has 0 saturated heterocycles. The first-order chi connectivity index (χ1) is 10.7. The maximum absolute atomic E-state index is 12.3. The molecule has 3 fully saturated rings. The lowest BCUT2D eigenvalue weighted by atomic mass is 9.95. The van der Waals surface area contributed by atoms with Crippen LogP contribution >= 0.6 is 0 Å². The predicted molar refractivity (Wildman–Crippen MR) is 86.2 cm³/mol. The Morgan fingerprint density at radius 3 is 1.36 bits per heavy atom. The van der Waals surface area contributed by atoms with E-state index in [0.29, 0.717) is 12.1 Å². The van der Waals surface area contributed by atoms with Crippen LogP contribution in [0, 0.1) is 11.8 Å². The van der Waals surface area contributed by atoms with E-state index in [2.05, 4.69) is 10.6 Å². The van der Waals surface area contributed by atoms with Gasteiger partial charge in [0.05, 0.1) is 11.8 Å². The Morgan fingerprint density at radius 1 is 0.591 bits per heavy atom. The number of nitrogens with one attached hydrogen (secondary N) is 2. The highest BCUT2D eigenvalue weighted by Gasteiger charge is 2.48. The molecule has 4 heteroatoms. The molecule has 0 spiro atoms. The van der Waals surface area contributed by atoms with Gasteiger partial charge in [-0.05, 0) is 32.1 Å². The second kappa shape index (κ2) is 7.47. The van der Waals surface area contributed by atoms with Crippen molar-refractivity contribution in [2.75, 3.05) is 0 Å². The SMILES string of the molecule is O=C(NC1CCCCCC1)C1CC1C(=O)NC1CCCCC1. The summed E-state index contributed by atoms with van der Waals surface area (Å²) >= 11 is 0. The molecular formula is C18H30N2O2. The Hall–Kier alpha value is -1.06. The highest BCUT2D eigenvalue weighted by atomic mass is 16.2. The maximum Gasteiger partial charge on any atom is 0.224 e. The molecule has 2 unspecified atom stereocenters. The first-order valence-electron chi connectivity index (χ1n) is 9.35. The van der Waals surface area contributed by atoms with E-state index in [-0.39, 0.29) is 23.7 Å². The van der Waals surface area contributed by atoms with Gasteiger partial charge in [-0.3, -0.25) is 9.59 Å². The van der Waals surface area contributed by atoms with Crippen molar-refractivity contribution in [3.8, 4) is 0 Å². The predicted octanol–water partition coefficient (Wildman–Crippen LogP) is 2.91. The van der Waals surface area contributed by atoms with Gasteiger partial charge in [-0.2, -0.15) is 0 Å². The zero-order chi connectivity index (χ0) is 15.4. The molecule has 2 amide bonds. The normalized spacial score (nSPS) is 30.4. The third-order valence-electron chi connectivity index (χ3n) is 5.62. The van der Waals surface area contributed by atoms with Gasteiger partial charge in [0.15, 0.2) is 0 Å². The van der Waals surface area contributed by atoms with Gasteiger partial charge in [0, 0.05) is 12.1 Å². The topological polar surface area (TPSA) is 58.2 Å². The summed E-state index contributed by atoms with van der Waals surface area (Å²) in [6.07, 6.45) is 14.0. The summed E-state index contributed by atoms with van der Waals surface area (Å²) in [5.41, 5.74) is 0. The lowest BCUT2D eigenvalue weighted by molar-refractivity contribution is -0.128. The molecule has 0 aromatic carbocycles.